The molecule has 0 aromatic carbocycles. The van der Waals surface area contributed by atoms with Crippen LogP contribution in [0.4, 0.5) is 0 Å². The van der Waals surface area contributed by atoms with Crippen LogP contribution >= 0.6 is 0 Å². The van der Waals surface area contributed by atoms with Crippen LogP contribution in [-0.4, -0.2) is 30.6 Å². The smallest absolute Gasteiger partial charge is 0.0218 e. The predicted molar refractivity (Wildman–Crippen MR) is 43.6 cm³/mol. The van der Waals surface area contributed by atoms with Crippen molar-refractivity contribution in [3.05, 3.63) is 6.92 Å². The highest BCUT2D eigenvalue weighted by molar-refractivity contribution is 4.76. The number of nitrogens with zero attached hydrogens (tertiary/aromatic N) is 1. The zero-order valence-corrected chi connectivity index (χ0v) is 6.55. The van der Waals surface area contributed by atoms with Crippen LogP contribution in [0.5, 0.6) is 0 Å². The van der Waals surface area contributed by atoms with Gasteiger partial charge in [0.25, 0.3) is 0 Å². The van der Waals surface area contributed by atoms with Crippen molar-refractivity contribution in [3.63, 3.8) is 0 Å². The van der Waals surface area contributed by atoms with Gasteiger partial charge < -0.3 is 5.73 Å². The van der Waals surface area contributed by atoms with E-state index in [-0.39, 0.29) is 0 Å². The Morgan fingerprint density at radius 1 is 1.30 bits per heavy atom. The second-order valence-corrected chi connectivity index (χ2v) is 2.99. The molecule has 1 saturated heterocycles. The van der Waals surface area contributed by atoms with Gasteiger partial charge in [0, 0.05) is 12.6 Å². The molecule has 59 valence electrons. The second-order valence-electron chi connectivity index (χ2n) is 2.99. The summed E-state index contributed by atoms with van der Waals surface area (Å²) in [5, 5.41) is 0. The largest absolute Gasteiger partial charge is 0.329 e. The number of rotatable bonds is 2. The Bertz CT molecular complexity index is 87.3. The lowest BCUT2D eigenvalue weighted by molar-refractivity contribution is 0.193. The van der Waals surface area contributed by atoms with E-state index in [2.05, 4.69) is 11.8 Å². The molecule has 1 atom stereocenters. The van der Waals surface area contributed by atoms with Crippen molar-refractivity contribution >= 4 is 0 Å². The van der Waals surface area contributed by atoms with Gasteiger partial charge in [-0.25, -0.2) is 0 Å². The number of nitrogens with two attached hydrogens (primary N) is 1. The Balaban J connectivity index is 2.24. The number of likely N-dealkylation sites (tertiary alicyclic amines) is 1. The van der Waals surface area contributed by atoms with Gasteiger partial charge in [0.2, 0.25) is 0 Å². The summed E-state index contributed by atoms with van der Waals surface area (Å²) in [5.74, 6) is 0. The van der Waals surface area contributed by atoms with Crippen LogP contribution in [-0.2, 0) is 0 Å². The summed E-state index contributed by atoms with van der Waals surface area (Å²) in [4.78, 5) is 2.38. The minimum atomic E-state index is 0.347. The SMILES string of the molecule is [CH2]C(CN)N1CCCCC1. The standard InChI is InChI=1S/C8H17N2/c1-8(7-9)10-5-3-2-4-6-10/h8H,1-7,9H2. The van der Waals surface area contributed by atoms with E-state index in [0.29, 0.717) is 12.6 Å². The molecular formula is C8H17N2. The van der Waals surface area contributed by atoms with Crippen molar-refractivity contribution in [1.82, 2.24) is 4.90 Å². The number of hydrogen-bond donors (Lipinski definition) is 1. The highest BCUT2D eigenvalue weighted by Gasteiger charge is 2.14. The third kappa shape index (κ3) is 1.96. The molecule has 1 aliphatic heterocycles. The zero-order chi connectivity index (χ0) is 7.40. The van der Waals surface area contributed by atoms with Crippen molar-refractivity contribution in [3.8, 4) is 0 Å². The van der Waals surface area contributed by atoms with Gasteiger partial charge in [-0.2, -0.15) is 0 Å². The van der Waals surface area contributed by atoms with E-state index in [1.54, 1.807) is 0 Å². The third-order valence-corrected chi connectivity index (χ3v) is 2.18. The summed E-state index contributed by atoms with van der Waals surface area (Å²) in [7, 11) is 0. The van der Waals surface area contributed by atoms with Crippen molar-refractivity contribution in [2.45, 2.75) is 25.3 Å². The molecule has 0 spiro atoms. The van der Waals surface area contributed by atoms with Crippen LogP contribution in [0.2, 0.25) is 0 Å². The first kappa shape index (κ1) is 8.02. The number of hydrogen-bond acceptors (Lipinski definition) is 2. The molecule has 1 unspecified atom stereocenters. The molecule has 1 aliphatic rings. The molecule has 1 fully saturated rings. The maximum Gasteiger partial charge on any atom is 0.0218 e. The van der Waals surface area contributed by atoms with E-state index in [0.717, 1.165) is 0 Å². The van der Waals surface area contributed by atoms with Crippen LogP contribution in [0, 0.1) is 6.92 Å². The maximum absolute atomic E-state index is 5.50. The first-order valence-electron chi connectivity index (χ1n) is 4.12. The Morgan fingerprint density at radius 2 is 1.90 bits per heavy atom. The van der Waals surface area contributed by atoms with Gasteiger partial charge in [-0.15, -0.1) is 0 Å². The average Bonchev–Trinajstić information content (AvgIpc) is 2.05. The number of piperidine rings is 1. The summed E-state index contributed by atoms with van der Waals surface area (Å²) in [6.45, 7) is 7.08. The van der Waals surface area contributed by atoms with Crippen molar-refractivity contribution < 1.29 is 0 Å². The van der Waals surface area contributed by atoms with Gasteiger partial charge in [-0.1, -0.05) is 6.42 Å². The summed E-state index contributed by atoms with van der Waals surface area (Å²) in [6.07, 6.45) is 4.03. The molecule has 0 bridgehead atoms. The van der Waals surface area contributed by atoms with Crippen LogP contribution in [0.3, 0.4) is 0 Å². The molecule has 0 saturated carbocycles. The predicted octanol–water partition coefficient (Wildman–Crippen LogP) is 0.634. The highest BCUT2D eigenvalue weighted by atomic mass is 15.2. The molecule has 2 N–H and O–H groups in total. The van der Waals surface area contributed by atoms with Gasteiger partial charge in [0.15, 0.2) is 0 Å². The molecule has 2 nitrogen and oxygen atoms in total. The fourth-order valence-electron chi connectivity index (χ4n) is 1.43. The average molecular weight is 141 g/mol. The molecule has 1 radical (unpaired) electrons. The van der Waals surface area contributed by atoms with Gasteiger partial charge in [-0.05, 0) is 32.9 Å². The van der Waals surface area contributed by atoms with Crippen molar-refractivity contribution in [2.24, 2.45) is 5.73 Å². The molecule has 10 heavy (non-hydrogen) atoms. The lowest BCUT2D eigenvalue weighted by Crippen LogP contribution is -2.41. The lowest BCUT2D eigenvalue weighted by Gasteiger charge is -2.31. The van der Waals surface area contributed by atoms with E-state index in [9.17, 15) is 0 Å². The Hall–Kier alpha value is -0.0800. The molecule has 2 heteroatoms. The van der Waals surface area contributed by atoms with E-state index >= 15 is 0 Å². The Morgan fingerprint density at radius 3 is 2.40 bits per heavy atom. The normalized spacial score (nSPS) is 24.6. The first-order valence-corrected chi connectivity index (χ1v) is 4.12. The van der Waals surface area contributed by atoms with Crippen LogP contribution in [0.25, 0.3) is 0 Å². The fraction of sp³-hybridized carbons (Fsp3) is 0.875. The summed E-state index contributed by atoms with van der Waals surface area (Å²) >= 11 is 0. The molecule has 0 aliphatic carbocycles. The third-order valence-electron chi connectivity index (χ3n) is 2.18. The van der Waals surface area contributed by atoms with E-state index in [4.69, 9.17) is 5.73 Å². The van der Waals surface area contributed by atoms with Gasteiger partial charge in [-0.3, -0.25) is 4.90 Å². The Kier molecular flexibility index (Phi) is 3.16. The molecule has 1 rings (SSSR count). The van der Waals surface area contributed by atoms with E-state index in [1.165, 1.54) is 32.4 Å². The lowest BCUT2D eigenvalue weighted by atomic mass is 10.1. The van der Waals surface area contributed by atoms with Gasteiger partial charge in [0.05, 0.1) is 0 Å². The second kappa shape index (κ2) is 3.94. The highest BCUT2D eigenvalue weighted by Crippen LogP contribution is 2.10. The van der Waals surface area contributed by atoms with Crippen LogP contribution in [0.15, 0.2) is 0 Å². The Labute approximate surface area is 63.4 Å². The summed E-state index contributed by atoms with van der Waals surface area (Å²) < 4.78 is 0. The summed E-state index contributed by atoms with van der Waals surface area (Å²) in [5.41, 5.74) is 5.50. The van der Waals surface area contributed by atoms with E-state index < -0.39 is 0 Å². The minimum Gasteiger partial charge on any atom is -0.329 e. The maximum atomic E-state index is 5.50. The molecule has 0 aromatic heterocycles. The molecule has 0 aromatic rings. The van der Waals surface area contributed by atoms with Crippen LogP contribution < -0.4 is 5.73 Å². The van der Waals surface area contributed by atoms with Gasteiger partial charge >= 0.3 is 0 Å². The quantitative estimate of drug-likeness (QED) is 0.611. The fourth-order valence-corrected chi connectivity index (χ4v) is 1.43. The minimum absolute atomic E-state index is 0.347. The first-order chi connectivity index (χ1) is 4.84. The van der Waals surface area contributed by atoms with Crippen LogP contribution in [0.1, 0.15) is 19.3 Å². The summed E-state index contributed by atoms with van der Waals surface area (Å²) in [6, 6.07) is 0.347. The monoisotopic (exact) mass is 141 g/mol. The molecule has 1 heterocycles. The van der Waals surface area contributed by atoms with Gasteiger partial charge in [0.1, 0.15) is 0 Å². The zero-order valence-electron chi connectivity index (χ0n) is 6.55. The molecule has 0 amide bonds. The molecular weight excluding hydrogens is 124 g/mol. The van der Waals surface area contributed by atoms with Crippen molar-refractivity contribution in [1.29, 1.82) is 0 Å². The van der Waals surface area contributed by atoms with E-state index in [1.807, 2.05) is 0 Å². The topological polar surface area (TPSA) is 29.3 Å². The van der Waals surface area contributed by atoms with Crippen molar-refractivity contribution in [2.75, 3.05) is 19.6 Å².